The predicted molar refractivity (Wildman–Crippen MR) is 68.2 cm³/mol. The molecule has 0 aliphatic heterocycles. The van der Waals surface area contributed by atoms with Crippen LogP contribution in [-0.2, 0) is 4.74 Å². The van der Waals surface area contributed by atoms with Gasteiger partial charge in [0.15, 0.2) is 0 Å². The maximum atomic E-state index is 11.1. The number of likely N-dealkylation sites (N-methyl/N-ethyl adjacent to an activating group) is 1. The van der Waals surface area contributed by atoms with Crippen LogP contribution in [0.4, 0.5) is 5.69 Å². The average molecular weight is 258 g/mol. The van der Waals surface area contributed by atoms with Crippen molar-refractivity contribution in [1.29, 1.82) is 0 Å². The van der Waals surface area contributed by atoms with Gasteiger partial charge in [-0.25, -0.2) is 4.79 Å². The molecule has 0 saturated carbocycles. The topological polar surface area (TPSA) is 49.8 Å². The number of hydrogen-bond acceptors (Lipinski definition) is 3. The molecule has 5 heteroatoms. The molecule has 1 atom stereocenters. The van der Waals surface area contributed by atoms with Gasteiger partial charge in [0.25, 0.3) is 0 Å². The zero-order valence-corrected chi connectivity index (χ0v) is 10.9. The maximum Gasteiger partial charge on any atom is 0.337 e. The second-order valence-electron chi connectivity index (χ2n) is 3.88. The highest BCUT2D eigenvalue weighted by atomic mass is 35.5. The molecule has 0 spiro atoms. The van der Waals surface area contributed by atoms with E-state index >= 15 is 0 Å². The van der Waals surface area contributed by atoms with Crippen molar-refractivity contribution < 1.29 is 14.6 Å². The number of hydrogen-bond donors (Lipinski definition) is 1. The van der Waals surface area contributed by atoms with Crippen molar-refractivity contribution in [2.45, 2.75) is 13.0 Å². The number of carboxylic acids is 1. The quantitative estimate of drug-likeness (QED) is 0.881. The second-order valence-corrected chi connectivity index (χ2v) is 4.32. The molecule has 0 aromatic heterocycles. The molecule has 1 rings (SSSR count). The molecule has 0 amide bonds. The molecule has 4 nitrogen and oxygen atoms in total. The molecule has 17 heavy (non-hydrogen) atoms. The van der Waals surface area contributed by atoms with Crippen LogP contribution in [0.3, 0.4) is 0 Å². The Morgan fingerprint density at radius 2 is 2.24 bits per heavy atom. The van der Waals surface area contributed by atoms with Gasteiger partial charge in [0, 0.05) is 25.2 Å². The molecule has 0 saturated heterocycles. The van der Waals surface area contributed by atoms with Gasteiger partial charge in [0.2, 0.25) is 0 Å². The summed E-state index contributed by atoms with van der Waals surface area (Å²) >= 11 is 5.80. The van der Waals surface area contributed by atoms with Crippen LogP contribution >= 0.6 is 11.6 Å². The Labute approximate surface area is 106 Å². The van der Waals surface area contributed by atoms with Crippen LogP contribution < -0.4 is 4.90 Å². The number of ether oxygens (including phenoxy) is 1. The Balaban J connectivity index is 3.08. The van der Waals surface area contributed by atoms with Gasteiger partial charge < -0.3 is 14.7 Å². The third-order valence-corrected chi connectivity index (χ3v) is 2.87. The van der Waals surface area contributed by atoms with Crippen LogP contribution in [0.1, 0.15) is 17.3 Å². The molecule has 1 N–H and O–H groups in total. The summed E-state index contributed by atoms with van der Waals surface area (Å²) in [4.78, 5) is 13.0. The first-order valence-electron chi connectivity index (χ1n) is 5.22. The number of anilines is 1. The normalized spacial score (nSPS) is 12.2. The summed E-state index contributed by atoms with van der Waals surface area (Å²) in [5.41, 5.74) is 0.828. The number of methoxy groups -OCH3 is 1. The van der Waals surface area contributed by atoms with E-state index in [-0.39, 0.29) is 11.6 Å². The minimum absolute atomic E-state index is 0.0827. The van der Waals surface area contributed by atoms with E-state index in [4.69, 9.17) is 21.4 Å². The van der Waals surface area contributed by atoms with Crippen LogP contribution in [0.15, 0.2) is 18.2 Å². The van der Waals surface area contributed by atoms with E-state index in [1.807, 2.05) is 18.9 Å². The Bertz CT molecular complexity index is 409. The summed E-state index contributed by atoms with van der Waals surface area (Å²) in [6.45, 7) is 2.49. The monoisotopic (exact) mass is 257 g/mol. The predicted octanol–water partition coefficient (Wildman–Crippen LogP) is 2.51. The SMILES string of the molecule is COCC(C)N(C)c1ccc(Cl)cc1C(=O)O. The van der Waals surface area contributed by atoms with Crippen molar-refractivity contribution in [3.05, 3.63) is 28.8 Å². The molecule has 0 radical (unpaired) electrons. The summed E-state index contributed by atoms with van der Waals surface area (Å²) in [5, 5.41) is 9.55. The molecule has 0 aliphatic rings. The Hall–Kier alpha value is -1.26. The van der Waals surface area contributed by atoms with E-state index in [1.54, 1.807) is 19.2 Å². The van der Waals surface area contributed by atoms with E-state index in [1.165, 1.54) is 6.07 Å². The molecule has 0 bridgehead atoms. The number of benzene rings is 1. The van der Waals surface area contributed by atoms with Gasteiger partial charge in [0.05, 0.1) is 17.9 Å². The summed E-state index contributed by atoms with van der Waals surface area (Å²) < 4.78 is 5.06. The van der Waals surface area contributed by atoms with Gasteiger partial charge in [-0.1, -0.05) is 11.6 Å². The summed E-state index contributed by atoms with van der Waals surface area (Å²) in [6.07, 6.45) is 0. The molecule has 1 aromatic carbocycles. The lowest BCUT2D eigenvalue weighted by Gasteiger charge is -2.27. The molecular formula is C12H16ClNO3. The first-order chi connectivity index (χ1) is 7.97. The van der Waals surface area contributed by atoms with Crippen LogP contribution in [-0.4, -0.2) is 37.9 Å². The zero-order chi connectivity index (χ0) is 13.0. The van der Waals surface area contributed by atoms with Gasteiger partial charge in [-0.2, -0.15) is 0 Å². The van der Waals surface area contributed by atoms with Crippen molar-refractivity contribution >= 4 is 23.3 Å². The fourth-order valence-corrected chi connectivity index (χ4v) is 1.75. The summed E-state index contributed by atoms with van der Waals surface area (Å²) in [6, 6.07) is 4.92. The summed E-state index contributed by atoms with van der Waals surface area (Å²) in [5.74, 6) is -0.987. The van der Waals surface area contributed by atoms with E-state index in [0.29, 0.717) is 17.3 Å². The fraction of sp³-hybridized carbons (Fsp3) is 0.417. The zero-order valence-electron chi connectivity index (χ0n) is 10.1. The van der Waals surface area contributed by atoms with Crippen molar-refractivity contribution in [1.82, 2.24) is 0 Å². The molecule has 1 unspecified atom stereocenters. The minimum atomic E-state index is -0.987. The van der Waals surface area contributed by atoms with E-state index in [9.17, 15) is 4.79 Å². The highest BCUT2D eigenvalue weighted by Crippen LogP contribution is 2.25. The highest BCUT2D eigenvalue weighted by molar-refractivity contribution is 6.31. The van der Waals surface area contributed by atoms with Crippen molar-refractivity contribution in [3.8, 4) is 0 Å². The molecule has 0 fully saturated rings. The van der Waals surface area contributed by atoms with Crippen LogP contribution in [0.5, 0.6) is 0 Å². The van der Waals surface area contributed by atoms with E-state index in [2.05, 4.69) is 0 Å². The number of carbonyl (C=O) groups is 1. The van der Waals surface area contributed by atoms with Crippen LogP contribution in [0.2, 0.25) is 5.02 Å². The Kier molecular flexibility index (Phi) is 4.78. The molecule has 94 valence electrons. The third kappa shape index (κ3) is 3.35. The third-order valence-electron chi connectivity index (χ3n) is 2.64. The molecule has 0 aliphatic carbocycles. The molecule has 0 heterocycles. The second kappa shape index (κ2) is 5.89. The Morgan fingerprint density at radius 1 is 1.59 bits per heavy atom. The van der Waals surface area contributed by atoms with Crippen LogP contribution in [0, 0.1) is 0 Å². The van der Waals surface area contributed by atoms with Crippen molar-refractivity contribution in [2.75, 3.05) is 25.7 Å². The highest BCUT2D eigenvalue weighted by Gasteiger charge is 2.17. The van der Waals surface area contributed by atoms with Gasteiger partial charge in [0.1, 0.15) is 0 Å². The first kappa shape index (κ1) is 13.8. The first-order valence-corrected chi connectivity index (χ1v) is 5.59. The van der Waals surface area contributed by atoms with Crippen molar-refractivity contribution in [3.63, 3.8) is 0 Å². The Morgan fingerprint density at radius 3 is 2.76 bits per heavy atom. The smallest absolute Gasteiger partial charge is 0.337 e. The standard InChI is InChI=1S/C12H16ClNO3/c1-8(7-17-3)14(2)11-5-4-9(13)6-10(11)12(15)16/h4-6,8H,7H2,1-3H3,(H,15,16). The number of nitrogens with zero attached hydrogens (tertiary/aromatic N) is 1. The van der Waals surface area contributed by atoms with Gasteiger partial charge in [-0.3, -0.25) is 0 Å². The van der Waals surface area contributed by atoms with Gasteiger partial charge in [-0.15, -0.1) is 0 Å². The van der Waals surface area contributed by atoms with E-state index < -0.39 is 5.97 Å². The number of halogens is 1. The minimum Gasteiger partial charge on any atom is -0.478 e. The number of aromatic carboxylic acids is 1. The van der Waals surface area contributed by atoms with Crippen LogP contribution in [0.25, 0.3) is 0 Å². The lowest BCUT2D eigenvalue weighted by Crippen LogP contribution is -2.33. The van der Waals surface area contributed by atoms with Gasteiger partial charge in [-0.05, 0) is 25.1 Å². The number of rotatable bonds is 5. The summed E-state index contributed by atoms with van der Waals surface area (Å²) in [7, 11) is 3.45. The lowest BCUT2D eigenvalue weighted by atomic mass is 10.1. The number of carboxylic acid groups (broad SMARTS) is 1. The van der Waals surface area contributed by atoms with Gasteiger partial charge >= 0.3 is 5.97 Å². The maximum absolute atomic E-state index is 11.1. The molecule has 1 aromatic rings. The lowest BCUT2D eigenvalue weighted by molar-refractivity contribution is 0.0697. The average Bonchev–Trinajstić information content (AvgIpc) is 2.28. The van der Waals surface area contributed by atoms with E-state index in [0.717, 1.165) is 0 Å². The molecular weight excluding hydrogens is 242 g/mol. The largest absolute Gasteiger partial charge is 0.478 e. The fourth-order valence-electron chi connectivity index (χ4n) is 1.58. The van der Waals surface area contributed by atoms with Crippen molar-refractivity contribution in [2.24, 2.45) is 0 Å².